The molecule has 108 valence electrons. The van der Waals surface area contributed by atoms with Crippen LogP contribution in [-0.2, 0) is 9.47 Å². The Kier molecular flexibility index (Phi) is 4.57. The molecule has 5 nitrogen and oxygen atoms in total. The summed E-state index contributed by atoms with van der Waals surface area (Å²) in [6.07, 6.45) is 0. The van der Waals surface area contributed by atoms with Crippen molar-refractivity contribution in [1.29, 1.82) is 0 Å². The molecule has 1 N–H and O–H groups in total. The number of nitrogens with one attached hydrogen (secondary N) is 1. The number of aromatic amines is 1. The Bertz CT molecular complexity index is 608. The number of rotatable bonds is 6. The van der Waals surface area contributed by atoms with Crippen LogP contribution in [0.25, 0.3) is 10.9 Å². The normalized spacial score (nSPS) is 10.8. The number of H-pyrrole nitrogens is 1. The fraction of sp³-hybridized carbons (Fsp3) is 0.357. The van der Waals surface area contributed by atoms with Gasteiger partial charge in [-0.05, 0) is 19.1 Å². The van der Waals surface area contributed by atoms with Crippen LogP contribution in [0.3, 0.4) is 0 Å². The minimum absolute atomic E-state index is 0.217. The molecule has 1 heterocycles. The van der Waals surface area contributed by atoms with E-state index in [-0.39, 0.29) is 17.8 Å². The molecule has 0 atom stereocenters. The quantitative estimate of drug-likeness (QED) is 0.653. The highest BCUT2D eigenvalue weighted by Crippen LogP contribution is 2.25. The Labute approximate surface area is 115 Å². The lowest BCUT2D eigenvalue weighted by atomic mass is 10.2. The second-order valence-electron chi connectivity index (χ2n) is 4.11. The molecule has 2 aromatic rings. The summed E-state index contributed by atoms with van der Waals surface area (Å²) in [7, 11) is 1.56. The minimum Gasteiger partial charge on any atom is -0.491 e. The number of methoxy groups -OCH3 is 1. The van der Waals surface area contributed by atoms with Crippen molar-refractivity contribution in [2.24, 2.45) is 0 Å². The van der Waals surface area contributed by atoms with Crippen molar-refractivity contribution in [2.75, 3.05) is 26.9 Å². The topological polar surface area (TPSA) is 60.6 Å². The monoisotopic (exact) mass is 281 g/mol. The Morgan fingerprint density at radius 2 is 2.10 bits per heavy atom. The molecule has 0 fully saturated rings. The number of halogens is 1. The second-order valence-corrected chi connectivity index (χ2v) is 4.11. The number of benzene rings is 1. The molecule has 6 heteroatoms. The largest absolute Gasteiger partial charge is 0.491 e. The average molecular weight is 281 g/mol. The third kappa shape index (κ3) is 3.08. The first-order chi connectivity index (χ1) is 9.65. The third-order valence-corrected chi connectivity index (χ3v) is 2.71. The smallest absolute Gasteiger partial charge is 0.354 e. The Hall–Kier alpha value is -2.08. The van der Waals surface area contributed by atoms with E-state index in [4.69, 9.17) is 14.2 Å². The predicted octanol–water partition coefficient (Wildman–Crippen LogP) is 2.51. The van der Waals surface area contributed by atoms with E-state index in [2.05, 4.69) is 4.98 Å². The van der Waals surface area contributed by atoms with E-state index in [0.29, 0.717) is 24.3 Å². The molecule has 0 aliphatic carbocycles. The first-order valence-corrected chi connectivity index (χ1v) is 6.26. The van der Waals surface area contributed by atoms with Gasteiger partial charge in [0.2, 0.25) is 0 Å². The van der Waals surface area contributed by atoms with Crippen molar-refractivity contribution in [3.05, 3.63) is 29.7 Å². The standard InChI is InChI=1S/C14H16FNO4/c1-3-19-14(17)12-7-9-6-10(20-5-4-18-2)8-11(15)13(9)16-12/h6-8,16H,3-5H2,1-2H3. The van der Waals surface area contributed by atoms with Gasteiger partial charge in [-0.25, -0.2) is 9.18 Å². The molecule has 1 aromatic heterocycles. The predicted molar refractivity (Wildman–Crippen MR) is 71.6 cm³/mol. The number of hydrogen-bond donors (Lipinski definition) is 1. The van der Waals surface area contributed by atoms with E-state index in [1.165, 1.54) is 6.07 Å². The van der Waals surface area contributed by atoms with Crippen LogP contribution in [0.4, 0.5) is 4.39 Å². The molecule has 0 saturated heterocycles. The van der Waals surface area contributed by atoms with Crippen LogP contribution in [0.1, 0.15) is 17.4 Å². The van der Waals surface area contributed by atoms with E-state index in [1.807, 2.05) is 0 Å². The van der Waals surface area contributed by atoms with E-state index in [1.54, 1.807) is 26.2 Å². The van der Waals surface area contributed by atoms with Gasteiger partial charge in [-0.1, -0.05) is 0 Å². The Morgan fingerprint density at radius 1 is 1.30 bits per heavy atom. The molecule has 0 bridgehead atoms. The van der Waals surface area contributed by atoms with Gasteiger partial charge >= 0.3 is 5.97 Å². The summed E-state index contributed by atoms with van der Waals surface area (Å²) in [6, 6.07) is 4.47. The van der Waals surface area contributed by atoms with Crippen LogP contribution < -0.4 is 4.74 Å². The summed E-state index contributed by atoms with van der Waals surface area (Å²) in [5, 5.41) is 0.556. The molecular formula is C14H16FNO4. The van der Waals surface area contributed by atoms with Crippen molar-refractivity contribution >= 4 is 16.9 Å². The van der Waals surface area contributed by atoms with Gasteiger partial charge in [0.05, 0.1) is 18.7 Å². The summed E-state index contributed by atoms with van der Waals surface area (Å²) in [5.41, 5.74) is 0.474. The van der Waals surface area contributed by atoms with Gasteiger partial charge in [0.1, 0.15) is 18.1 Å². The highest BCUT2D eigenvalue weighted by atomic mass is 19.1. The lowest BCUT2D eigenvalue weighted by molar-refractivity contribution is 0.0520. The maximum atomic E-state index is 13.9. The molecule has 0 unspecified atom stereocenters. The maximum Gasteiger partial charge on any atom is 0.354 e. The second kappa shape index (κ2) is 6.38. The van der Waals surface area contributed by atoms with Gasteiger partial charge in [0.15, 0.2) is 5.82 Å². The Balaban J connectivity index is 2.27. The van der Waals surface area contributed by atoms with Crippen molar-refractivity contribution in [2.45, 2.75) is 6.92 Å². The fourth-order valence-corrected chi connectivity index (χ4v) is 1.82. The zero-order chi connectivity index (χ0) is 14.5. The minimum atomic E-state index is -0.509. The first kappa shape index (κ1) is 14.3. The number of hydrogen-bond acceptors (Lipinski definition) is 4. The molecule has 1 aromatic carbocycles. The molecule has 0 saturated carbocycles. The molecule has 2 rings (SSSR count). The number of fused-ring (bicyclic) bond motifs is 1. The number of ether oxygens (including phenoxy) is 3. The number of carbonyl (C=O) groups is 1. The molecule has 0 amide bonds. The summed E-state index contributed by atoms with van der Waals surface area (Å²) in [4.78, 5) is 14.3. The molecule has 0 radical (unpaired) electrons. The lowest BCUT2D eigenvalue weighted by Crippen LogP contribution is -2.04. The zero-order valence-corrected chi connectivity index (χ0v) is 11.4. The van der Waals surface area contributed by atoms with Crippen LogP contribution in [0.5, 0.6) is 5.75 Å². The molecule has 0 aliphatic rings. The van der Waals surface area contributed by atoms with Crippen molar-refractivity contribution < 1.29 is 23.4 Å². The highest BCUT2D eigenvalue weighted by Gasteiger charge is 2.14. The van der Waals surface area contributed by atoms with E-state index >= 15 is 0 Å². The van der Waals surface area contributed by atoms with Crippen LogP contribution in [0.2, 0.25) is 0 Å². The van der Waals surface area contributed by atoms with Crippen LogP contribution >= 0.6 is 0 Å². The summed E-state index contributed by atoms with van der Waals surface area (Å²) in [5.74, 6) is -0.600. The van der Waals surface area contributed by atoms with Gasteiger partial charge in [-0.15, -0.1) is 0 Å². The van der Waals surface area contributed by atoms with E-state index in [9.17, 15) is 9.18 Å². The van der Waals surface area contributed by atoms with Crippen LogP contribution in [0, 0.1) is 5.82 Å². The van der Waals surface area contributed by atoms with Gasteiger partial charge in [-0.2, -0.15) is 0 Å². The summed E-state index contributed by atoms with van der Waals surface area (Å²) in [6.45, 7) is 2.72. The van der Waals surface area contributed by atoms with Crippen LogP contribution in [0.15, 0.2) is 18.2 Å². The Morgan fingerprint density at radius 3 is 2.80 bits per heavy atom. The van der Waals surface area contributed by atoms with Crippen molar-refractivity contribution in [1.82, 2.24) is 4.98 Å². The lowest BCUT2D eigenvalue weighted by Gasteiger charge is -2.05. The number of aromatic nitrogens is 1. The SMILES string of the molecule is CCOC(=O)c1cc2cc(OCCOC)cc(F)c2[nH]1. The molecule has 20 heavy (non-hydrogen) atoms. The fourth-order valence-electron chi connectivity index (χ4n) is 1.82. The third-order valence-electron chi connectivity index (χ3n) is 2.71. The van der Waals surface area contributed by atoms with Gasteiger partial charge in [0, 0.05) is 18.6 Å². The van der Waals surface area contributed by atoms with Gasteiger partial charge < -0.3 is 19.2 Å². The summed E-state index contributed by atoms with van der Waals surface area (Å²) < 4.78 is 29.0. The average Bonchev–Trinajstić information content (AvgIpc) is 2.84. The van der Waals surface area contributed by atoms with Crippen molar-refractivity contribution in [3.8, 4) is 5.75 Å². The van der Waals surface area contributed by atoms with Gasteiger partial charge in [0.25, 0.3) is 0 Å². The zero-order valence-electron chi connectivity index (χ0n) is 11.4. The molecule has 0 aliphatic heterocycles. The van der Waals surface area contributed by atoms with Gasteiger partial charge in [-0.3, -0.25) is 0 Å². The van der Waals surface area contributed by atoms with Crippen LogP contribution in [-0.4, -0.2) is 37.9 Å². The van der Waals surface area contributed by atoms with E-state index < -0.39 is 11.8 Å². The first-order valence-electron chi connectivity index (χ1n) is 6.26. The van der Waals surface area contributed by atoms with Crippen molar-refractivity contribution in [3.63, 3.8) is 0 Å². The maximum absolute atomic E-state index is 13.9. The molecular weight excluding hydrogens is 265 g/mol. The number of esters is 1. The highest BCUT2D eigenvalue weighted by molar-refractivity contribution is 5.95. The molecule has 0 spiro atoms. The number of carbonyl (C=O) groups excluding carboxylic acids is 1. The van der Waals surface area contributed by atoms with E-state index in [0.717, 1.165) is 0 Å². The summed E-state index contributed by atoms with van der Waals surface area (Å²) >= 11 is 0.